The molecule has 0 bridgehead atoms. The molecule has 1 heterocycles. The van der Waals surface area contributed by atoms with Crippen LogP contribution in [0.4, 0.5) is 0 Å². The van der Waals surface area contributed by atoms with E-state index in [0.29, 0.717) is 10.7 Å². The maximum atomic E-state index is 4.48. The molecule has 0 N–H and O–H groups in total. The third kappa shape index (κ3) is 1.43. The average molecular weight is 171 g/mol. The van der Waals surface area contributed by atoms with Crippen LogP contribution in [0.25, 0.3) is 0 Å². The van der Waals surface area contributed by atoms with E-state index in [2.05, 4.69) is 24.6 Å². The van der Waals surface area contributed by atoms with Crippen molar-refractivity contribution in [3.8, 4) is 0 Å². The summed E-state index contributed by atoms with van der Waals surface area (Å²) in [7, 11) is 2.24. The van der Waals surface area contributed by atoms with Gasteiger partial charge in [0.05, 0.1) is 0 Å². The molecule has 0 amide bonds. The molecule has 1 saturated carbocycles. The van der Waals surface area contributed by atoms with E-state index in [1.54, 1.807) is 0 Å². The first-order valence-corrected chi connectivity index (χ1v) is 5.08. The summed E-state index contributed by atoms with van der Waals surface area (Å²) in [6, 6.07) is 0. The minimum Gasteiger partial charge on any atom is -0.306 e. The summed E-state index contributed by atoms with van der Waals surface area (Å²) >= 11 is 4.48. The van der Waals surface area contributed by atoms with E-state index >= 15 is 0 Å². The fraction of sp³-hybridized carbons (Fsp3) is 1.00. The molecule has 64 valence electrons. The molecule has 2 rings (SSSR count). The fourth-order valence-electron chi connectivity index (χ4n) is 2.73. The number of piperidine rings is 1. The minimum atomic E-state index is 0.694. The Labute approximate surface area is 74.6 Å². The van der Waals surface area contributed by atoms with Gasteiger partial charge in [-0.2, -0.15) is 12.6 Å². The molecule has 0 aromatic rings. The van der Waals surface area contributed by atoms with Crippen LogP contribution in [-0.2, 0) is 0 Å². The maximum absolute atomic E-state index is 4.48. The highest BCUT2D eigenvalue weighted by Crippen LogP contribution is 2.49. The zero-order valence-corrected chi connectivity index (χ0v) is 8.11. The summed E-state index contributed by atoms with van der Waals surface area (Å²) in [5.41, 5.74) is 0.694. The van der Waals surface area contributed by atoms with E-state index in [1.807, 2.05) is 0 Å². The number of hydrogen-bond acceptors (Lipinski definition) is 2. The number of hydrogen-bond donors (Lipinski definition) is 1. The van der Waals surface area contributed by atoms with E-state index < -0.39 is 0 Å². The smallest absolute Gasteiger partial charge is 0.00357 e. The summed E-state index contributed by atoms with van der Waals surface area (Å²) < 4.78 is 0. The maximum Gasteiger partial charge on any atom is 0.00357 e. The minimum absolute atomic E-state index is 0.694. The molecule has 0 radical (unpaired) electrons. The van der Waals surface area contributed by atoms with Crippen LogP contribution in [0.15, 0.2) is 0 Å². The molecular formula is C9H17NS. The van der Waals surface area contributed by atoms with E-state index in [-0.39, 0.29) is 0 Å². The third-order valence-electron chi connectivity index (χ3n) is 3.19. The van der Waals surface area contributed by atoms with Crippen molar-refractivity contribution in [2.75, 3.05) is 20.1 Å². The van der Waals surface area contributed by atoms with Gasteiger partial charge in [-0.1, -0.05) is 0 Å². The zero-order chi connectivity index (χ0) is 7.90. The lowest BCUT2D eigenvalue weighted by Gasteiger charge is -2.51. The van der Waals surface area contributed by atoms with Crippen LogP contribution in [0, 0.1) is 5.41 Å². The fourth-order valence-corrected chi connectivity index (χ4v) is 3.50. The summed E-state index contributed by atoms with van der Waals surface area (Å²) in [6.45, 7) is 2.63. The van der Waals surface area contributed by atoms with Gasteiger partial charge < -0.3 is 4.90 Å². The Kier molecular flexibility index (Phi) is 1.92. The molecule has 1 aliphatic heterocycles. The lowest BCUT2D eigenvalue weighted by atomic mass is 9.64. The normalized spacial score (nSPS) is 45.8. The highest BCUT2D eigenvalue weighted by atomic mass is 32.1. The average Bonchev–Trinajstić information content (AvgIpc) is 1.84. The first kappa shape index (κ1) is 7.93. The summed E-state index contributed by atoms with van der Waals surface area (Å²) in [4.78, 5) is 2.48. The lowest BCUT2D eigenvalue weighted by molar-refractivity contribution is 0.0387. The molecule has 2 fully saturated rings. The molecule has 2 aliphatic rings. The van der Waals surface area contributed by atoms with Crippen LogP contribution < -0.4 is 0 Å². The van der Waals surface area contributed by atoms with Gasteiger partial charge in [-0.3, -0.25) is 0 Å². The Balaban J connectivity index is 1.93. The van der Waals surface area contributed by atoms with Crippen LogP contribution in [0.1, 0.15) is 25.7 Å². The van der Waals surface area contributed by atoms with Gasteiger partial charge in [0, 0.05) is 11.8 Å². The Morgan fingerprint density at radius 3 is 2.73 bits per heavy atom. The van der Waals surface area contributed by atoms with Gasteiger partial charge >= 0.3 is 0 Å². The van der Waals surface area contributed by atoms with Gasteiger partial charge in [0.1, 0.15) is 0 Å². The molecule has 0 aromatic heterocycles. The third-order valence-corrected chi connectivity index (χ3v) is 3.55. The summed E-state index contributed by atoms with van der Waals surface area (Å²) in [5, 5.41) is 0.710. The van der Waals surface area contributed by atoms with Crippen LogP contribution in [-0.4, -0.2) is 30.3 Å². The van der Waals surface area contributed by atoms with Crippen LogP contribution in [0.5, 0.6) is 0 Å². The van der Waals surface area contributed by atoms with Crippen molar-refractivity contribution in [1.82, 2.24) is 4.90 Å². The van der Waals surface area contributed by atoms with Crippen LogP contribution in [0.3, 0.4) is 0 Å². The number of thiol groups is 1. The highest BCUT2D eigenvalue weighted by molar-refractivity contribution is 7.81. The molecule has 2 heteroatoms. The molecule has 1 aliphatic carbocycles. The van der Waals surface area contributed by atoms with Gasteiger partial charge in [0.25, 0.3) is 0 Å². The monoisotopic (exact) mass is 171 g/mol. The Bertz CT molecular complexity index is 146. The van der Waals surface area contributed by atoms with E-state index in [1.165, 1.54) is 38.8 Å². The van der Waals surface area contributed by atoms with E-state index in [0.717, 1.165) is 0 Å². The molecule has 1 saturated heterocycles. The largest absolute Gasteiger partial charge is 0.306 e. The van der Waals surface area contributed by atoms with Gasteiger partial charge in [-0.15, -0.1) is 0 Å². The quantitative estimate of drug-likeness (QED) is 0.544. The highest BCUT2D eigenvalue weighted by Gasteiger charge is 2.44. The second kappa shape index (κ2) is 2.67. The van der Waals surface area contributed by atoms with Crippen molar-refractivity contribution in [2.45, 2.75) is 30.9 Å². The SMILES string of the molecule is CN1CCCC2(CC(S)C2)C1. The first-order valence-electron chi connectivity index (χ1n) is 4.57. The zero-order valence-electron chi connectivity index (χ0n) is 7.21. The molecule has 1 spiro atoms. The predicted molar refractivity (Wildman–Crippen MR) is 51.2 cm³/mol. The number of rotatable bonds is 0. The Morgan fingerprint density at radius 2 is 2.18 bits per heavy atom. The van der Waals surface area contributed by atoms with Crippen molar-refractivity contribution in [3.63, 3.8) is 0 Å². The summed E-state index contributed by atoms with van der Waals surface area (Å²) in [5.74, 6) is 0. The second-order valence-corrected chi connectivity index (χ2v) is 5.13. The van der Waals surface area contributed by atoms with Gasteiger partial charge in [-0.25, -0.2) is 0 Å². The molecule has 0 aromatic carbocycles. The van der Waals surface area contributed by atoms with Crippen molar-refractivity contribution in [2.24, 2.45) is 5.41 Å². The molecule has 0 unspecified atom stereocenters. The van der Waals surface area contributed by atoms with Gasteiger partial charge in [0.2, 0.25) is 0 Å². The Hall–Kier alpha value is 0.310. The predicted octanol–water partition coefficient (Wildman–Crippen LogP) is 1.79. The van der Waals surface area contributed by atoms with Gasteiger partial charge in [0.15, 0.2) is 0 Å². The van der Waals surface area contributed by atoms with Crippen molar-refractivity contribution in [3.05, 3.63) is 0 Å². The van der Waals surface area contributed by atoms with E-state index in [4.69, 9.17) is 0 Å². The second-order valence-electron chi connectivity index (χ2n) is 4.40. The standard InChI is InChI=1S/C9H17NS/c1-10-4-2-3-9(7-10)5-8(11)6-9/h8,11H,2-7H2,1H3. The van der Waals surface area contributed by atoms with Crippen molar-refractivity contribution >= 4 is 12.6 Å². The summed E-state index contributed by atoms with van der Waals surface area (Å²) in [6.07, 6.45) is 5.58. The topological polar surface area (TPSA) is 3.24 Å². The van der Waals surface area contributed by atoms with E-state index in [9.17, 15) is 0 Å². The van der Waals surface area contributed by atoms with Gasteiger partial charge in [-0.05, 0) is 44.7 Å². The van der Waals surface area contributed by atoms with Crippen LogP contribution >= 0.6 is 12.6 Å². The molecule has 11 heavy (non-hydrogen) atoms. The number of nitrogens with zero attached hydrogens (tertiary/aromatic N) is 1. The van der Waals surface area contributed by atoms with Crippen molar-refractivity contribution < 1.29 is 0 Å². The van der Waals surface area contributed by atoms with Crippen LogP contribution in [0.2, 0.25) is 0 Å². The van der Waals surface area contributed by atoms with Crippen molar-refractivity contribution in [1.29, 1.82) is 0 Å². The lowest BCUT2D eigenvalue weighted by Crippen LogP contribution is -2.49. The first-order chi connectivity index (χ1) is 5.20. The molecule has 1 nitrogen and oxygen atoms in total. The Morgan fingerprint density at radius 1 is 1.45 bits per heavy atom. The molecular weight excluding hydrogens is 154 g/mol. The number of likely N-dealkylation sites (tertiary alicyclic amines) is 1. The molecule has 0 atom stereocenters.